The number of anilines is 1. The monoisotopic (exact) mass is 385 g/mol. The molecule has 0 fully saturated rings. The zero-order valence-corrected chi connectivity index (χ0v) is 14.2. The van der Waals surface area contributed by atoms with E-state index in [1.807, 2.05) is 6.07 Å². The number of hydrogen-bond donors (Lipinski definition) is 0. The van der Waals surface area contributed by atoms with Crippen LogP contribution in [0.25, 0.3) is 0 Å². The van der Waals surface area contributed by atoms with Gasteiger partial charge in [-0.3, -0.25) is 4.31 Å². The molecule has 0 N–H and O–H groups in total. The Hall–Kier alpha value is -1.30. The molecule has 0 heterocycles. The number of nitrogens with zero attached hydrogens (tertiary/aromatic N) is 1. The average molecular weight is 387 g/mol. The minimum absolute atomic E-state index is 0.174. The molecule has 2 aromatic carbocycles. The predicted molar refractivity (Wildman–Crippen MR) is 90.3 cm³/mol. The molecule has 0 amide bonds. The Balaban J connectivity index is 2.54. The molecule has 0 saturated carbocycles. The molecule has 0 spiro atoms. The minimum atomic E-state index is -3.68. The summed E-state index contributed by atoms with van der Waals surface area (Å²) in [6.07, 6.45) is 1.55. The van der Waals surface area contributed by atoms with E-state index in [0.29, 0.717) is 15.2 Å². The molecule has 0 aliphatic carbocycles. The van der Waals surface area contributed by atoms with E-state index in [-0.39, 0.29) is 11.4 Å². The van der Waals surface area contributed by atoms with Crippen LogP contribution in [-0.2, 0) is 10.0 Å². The summed E-state index contributed by atoms with van der Waals surface area (Å²) in [5, 5.41) is 0.491. The number of halogens is 2. The minimum Gasteiger partial charge on any atom is -0.261 e. The third-order valence-electron chi connectivity index (χ3n) is 2.82. The zero-order chi connectivity index (χ0) is 15.5. The van der Waals surface area contributed by atoms with E-state index in [1.54, 1.807) is 36.4 Å². The van der Waals surface area contributed by atoms with Gasteiger partial charge in [0.05, 0.1) is 17.1 Å². The van der Waals surface area contributed by atoms with Gasteiger partial charge in [0.15, 0.2) is 0 Å². The number of benzene rings is 2. The Morgan fingerprint density at radius 3 is 2.33 bits per heavy atom. The van der Waals surface area contributed by atoms with Crippen LogP contribution in [0.1, 0.15) is 0 Å². The highest BCUT2D eigenvalue weighted by atomic mass is 79.9. The predicted octanol–water partition coefficient (Wildman–Crippen LogP) is 4.48. The van der Waals surface area contributed by atoms with E-state index in [2.05, 4.69) is 22.5 Å². The lowest BCUT2D eigenvalue weighted by molar-refractivity contribution is 0.593. The van der Waals surface area contributed by atoms with Crippen molar-refractivity contribution in [3.05, 3.63) is 70.7 Å². The molecule has 0 aliphatic heterocycles. The van der Waals surface area contributed by atoms with Crippen LogP contribution >= 0.6 is 27.5 Å². The van der Waals surface area contributed by atoms with Crippen molar-refractivity contribution >= 4 is 43.2 Å². The van der Waals surface area contributed by atoms with Crippen LogP contribution in [-0.4, -0.2) is 15.0 Å². The fraction of sp³-hybridized carbons (Fsp3) is 0.0667. The summed E-state index contributed by atoms with van der Waals surface area (Å²) in [6.45, 7) is 3.81. The first-order chi connectivity index (χ1) is 9.96. The van der Waals surface area contributed by atoms with Gasteiger partial charge in [0.2, 0.25) is 0 Å². The van der Waals surface area contributed by atoms with Crippen molar-refractivity contribution in [2.75, 3.05) is 10.8 Å². The molecule has 0 atom stereocenters. The summed E-state index contributed by atoms with van der Waals surface area (Å²) in [4.78, 5) is 0.185. The van der Waals surface area contributed by atoms with Gasteiger partial charge in [-0.2, -0.15) is 0 Å². The van der Waals surface area contributed by atoms with Crippen LogP contribution in [0.5, 0.6) is 0 Å². The Kier molecular flexibility index (Phi) is 5.08. The van der Waals surface area contributed by atoms with Crippen LogP contribution < -0.4 is 4.31 Å². The summed E-state index contributed by atoms with van der Waals surface area (Å²) >= 11 is 9.19. The molecule has 0 unspecified atom stereocenters. The summed E-state index contributed by atoms with van der Waals surface area (Å²) in [6, 6.07) is 13.2. The summed E-state index contributed by atoms with van der Waals surface area (Å²) < 4.78 is 27.6. The number of para-hydroxylation sites is 1. The first-order valence-corrected chi connectivity index (χ1v) is 8.71. The highest BCUT2D eigenvalue weighted by molar-refractivity contribution is 9.10. The summed E-state index contributed by atoms with van der Waals surface area (Å²) in [5.41, 5.74) is 0.562. The van der Waals surface area contributed by atoms with Gasteiger partial charge in [-0.15, -0.1) is 6.58 Å². The number of sulfonamides is 1. The van der Waals surface area contributed by atoms with Crippen molar-refractivity contribution < 1.29 is 8.42 Å². The second-order valence-corrected chi connectivity index (χ2v) is 7.38. The van der Waals surface area contributed by atoms with Crippen LogP contribution in [0.4, 0.5) is 5.69 Å². The van der Waals surface area contributed by atoms with Gasteiger partial charge in [-0.25, -0.2) is 8.42 Å². The van der Waals surface area contributed by atoms with Crippen molar-refractivity contribution in [3.8, 4) is 0 Å². The molecule has 21 heavy (non-hydrogen) atoms. The first-order valence-electron chi connectivity index (χ1n) is 6.10. The van der Waals surface area contributed by atoms with Crippen molar-refractivity contribution in [2.24, 2.45) is 0 Å². The van der Waals surface area contributed by atoms with E-state index in [0.717, 1.165) is 0 Å². The molecule has 0 aromatic heterocycles. The smallest absolute Gasteiger partial charge is 0.261 e. The highest BCUT2D eigenvalue weighted by Crippen LogP contribution is 2.30. The molecule has 6 heteroatoms. The van der Waals surface area contributed by atoms with Crippen LogP contribution in [0, 0.1) is 0 Å². The Morgan fingerprint density at radius 2 is 1.76 bits per heavy atom. The van der Waals surface area contributed by atoms with Gasteiger partial charge >= 0.3 is 0 Å². The van der Waals surface area contributed by atoms with Crippen molar-refractivity contribution in [1.82, 2.24) is 0 Å². The van der Waals surface area contributed by atoms with E-state index >= 15 is 0 Å². The van der Waals surface area contributed by atoms with Gasteiger partial charge in [0, 0.05) is 9.50 Å². The maximum absolute atomic E-state index is 12.8. The van der Waals surface area contributed by atoms with Gasteiger partial charge in [0.1, 0.15) is 0 Å². The van der Waals surface area contributed by atoms with Gasteiger partial charge in [0.25, 0.3) is 10.0 Å². The second kappa shape index (κ2) is 6.64. The lowest BCUT2D eigenvalue weighted by atomic mass is 10.3. The lowest BCUT2D eigenvalue weighted by Gasteiger charge is -2.24. The topological polar surface area (TPSA) is 37.4 Å². The Bertz CT molecular complexity index is 745. The fourth-order valence-corrected chi connectivity index (χ4v) is 4.03. The van der Waals surface area contributed by atoms with Crippen LogP contribution in [0.3, 0.4) is 0 Å². The van der Waals surface area contributed by atoms with Crippen LogP contribution in [0.15, 0.2) is 70.6 Å². The Morgan fingerprint density at radius 1 is 1.14 bits per heavy atom. The molecule has 2 aromatic rings. The molecular formula is C15H13BrClNO2S. The zero-order valence-electron chi connectivity index (χ0n) is 11.0. The molecule has 3 nitrogen and oxygen atoms in total. The third kappa shape index (κ3) is 3.48. The quantitative estimate of drug-likeness (QED) is 0.710. The summed E-state index contributed by atoms with van der Waals surface area (Å²) in [5.74, 6) is 0. The van der Waals surface area contributed by atoms with Crippen molar-refractivity contribution in [1.29, 1.82) is 0 Å². The molecule has 0 aliphatic rings. The number of rotatable bonds is 5. The Labute approximate surface area is 138 Å². The van der Waals surface area contributed by atoms with Crippen molar-refractivity contribution in [2.45, 2.75) is 4.90 Å². The molecule has 0 bridgehead atoms. The van der Waals surface area contributed by atoms with Crippen molar-refractivity contribution in [3.63, 3.8) is 0 Å². The lowest BCUT2D eigenvalue weighted by Crippen LogP contribution is -2.31. The molecular weight excluding hydrogens is 374 g/mol. The summed E-state index contributed by atoms with van der Waals surface area (Å²) in [7, 11) is -3.68. The van der Waals surface area contributed by atoms with Crippen LogP contribution in [0.2, 0.25) is 5.02 Å². The molecule has 0 radical (unpaired) electrons. The molecule has 110 valence electrons. The largest absolute Gasteiger partial charge is 0.264 e. The second-order valence-electron chi connectivity index (χ2n) is 4.23. The maximum atomic E-state index is 12.8. The standard InChI is InChI=1S/C15H13BrClNO2S/c1-2-11-18(15-6-4-3-5-14(15)16)21(19,20)13-9-7-12(17)8-10-13/h2-10H,1,11H2. The van der Waals surface area contributed by atoms with Gasteiger partial charge in [-0.1, -0.05) is 29.8 Å². The van der Waals surface area contributed by atoms with E-state index in [9.17, 15) is 8.42 Å². The molecule has 0 saturated heterocycles. The van der Waals surface area contributed by atoms with E-state index < -0.39 is 10.0 Å². The first kappa shape index (κ1) is 16.1. The fourth-order valence-electron chi connectivity index (χ4n) is 1.83. The maximum Gasteiger partial charge on any atom is 0.264 e. The van der Waals surface area contributed by atoms with E-state index in [4.69, 9.17) is 11.6 Å². The van der Waals surface area contributed by atoms with Gasteiger partial charge < -0.3 is 0 Å². The third-order valence-corrected chi connectivity index (χ3v) is 5.53. The average Bonchev–Trinajstić information content (AvgIpc) is 2.46. The normalized spacial score (nSPS) is 11.1. The molecule has 2 rings (SSSR count). The SMILES string of the molecule is C=CCN(c1ccccc1Br)S(=O)(=O)c1ccc(Cl)cc1. The number of hydrogen-bond acceptors (Lipinski definition) is 2. The van der Waals surface area contributed by atoms with E-state index in [1.165, 1.54) is 16.4 Å². The highest BCUT2D eigenvalue weighted by Gasteiger charge is 2.25. The van der Waals surface area contributed by atoms with Gasteiger partial charge in [-0.05, 0) is 52.3 Å².